The van der Waals surface area contributed by atoms with E-state index in [2.05, 4.69) is 53.2 Å². The molecule has 1 aliphatic heterocycles. The first kappa shape index (κ1) is 11.8. The second-order valence-corrected chi connectivity index (χ2v) is 5.26. The van der Waals surface area contributed by atoms with E-state index in [9.17, 15) is 0 Å². The lowest BCUT2D eigenvalue weighted by atomic mass is 10.1. The van der Waals surface area contributed by atoms with Crippen LogP contribution in [0.4, 0.5) is 0 Å². The SMILES string of the molecule is Cc1cccc2c1c(CN1CCNCC1)cn2C. The molecule has 0 saturated carbocycles. The van der Waals surface area contributed by atoms with Gasteiger partial charge >= 0.3 is 0 Å². The van der Waals surface area contributed by atoms with Crippen molar-refractivity contribution in [1.82, 2.24) is 14.8 Å². The summed E-state index contributed by atoms with van der Waals surface area (Å²) in [4.78, 5) is 2.54. The van der Waals surface area contributed by atoms with Crippen LogP contribution in [-0.2, 0) is 13.6 Å². The summed E-state index contributed by atoms with van der Waals surface area (Å²) in [6.07, 6.45) is 2.29. The standard InChI is InChI=1S/C15H21N3/c1-12-4-3-5-14-15(12)13(10-17(14)2)11-18-8-6-16-7-9-18/h3-5,10,16H,6-9,11H2,1-2H3. The Hall–Kier alpha value is -1.32. The van der Waals surface area contributed by atoms with Crippen molar-refractivity contribution in [2.45, 2.75) is 13.5 Å². The highest BCUT2D eigenvalue weighted by Gasteiger charge is 2.14. The lowest BCUT2D eigenvalue weighted by Gasteiger charge is -2.27. The fraction of sp³-hybridized carbons (Fsp3) is 0.467. The molecule has 1 aliphatic rings. The maximum atomic E-state index is 3.41. The molecule has 3 rings (SSSR count). The van der Waals surface area contributed by atoms with Crippen LogP contribution in [-0.4, -0.2) is 35.6 Å². The first-order valence-corrected chi connectivity index (χ1v) is 6.72. The minimum absolute atomic E-state index is 1.07. The third kappa shape index (κ3) is 2.04. The van der Waals surface area contributed by atoms with E-state index in [-0.39, 0.29) is 0 Å². The third-order valence-electron chi connectivity index (χ3n) is 3.90. The van der Waals surface area contributed by atoms with E-state index < -0.39 is 0 Å². The molecule has 2 heterocycles. The summed E-state index contributed by atoms with van der Waals surface area (Å²) in [5.41, 5.74) is 4.20. The number of fused-ring (bicyclic) bond motifs is 1. The van der Waals surface area contributed by atoms with E-state index in [1.165, 1.54) is 22.0 Å². The number of hydrogen-bond donors (Lipinski definition) is 1. The van der Waals surface area contributed by atoms with E-state index in [1.807, 2.05) is 0 Å². The normalized spacial score (nSPS) is 17.4. The Bertz CT molecular complexity index is 550. The van der Waals surface area contributed by atoms with Crippen LogP contribution in [0.1, 0.15) is 11.1 Å². The van der Waals surface area contributed by atoms with Gasteiger partial charge in [-0.3, -0.25) is 4.90 Å². The molecule has 3 nitrogen and oxygen atoms in total. The predicted octanol–water partition coefficient (Wildman–Crippen LogP) is 1.89. The lowest BCUT2D eigenvalue weighted by molar-refractivity contribution is 0.234. The molecule has 1 aromatic carbocycles. The number of nitrogens with one attached hydrogen (secondary N) is 1. The molecule has 1 N–H and O–H groups in total. The van der Waals surface area contributed by atoms with Crippen molar-refractivity contribution in [1.29, 1.82) is 0 Å². The number of piperazine rings is 1. The van der Waals surface area contributed by atoms with Crippen LogP contribution in [0.2, 0.25) is 0 Å². The zero-order valence-electron chi connectivity index (χ0n) is 11.2. The van der Waals surface area contributed by atoms with Crippen molar-refractivity contribution in [2.24, 2.45) is 7.05 Å². The molecular formula is C15H21N3. The van der Waals surface area contributed by atoms with Crippen LogP contribution in [0.3, 0.4) is 0 Å². The highest BCUT2D eigenvalue weighted by atomic mass is 15.2. The number of nitrogens with zero attached hydrogens (tertiary/aromatic N) is 2. The summed E-state index contributed by atoms with van der Waals surface area (Å²) in [6, 6.07) is 6.57. The Kier molecular flexibility index (Phi) is 3.10. The van der Waals surface area contributed by atoms with E-state index in [1.54, 1.807) is 0 Å². The third-order valence-corrected chi connectivity index (χ3v) is 3.90. The molecule has 0 atom stereocenters. The van der Waals surface area contributed by atoms with Gasteiger partial charge in [0.15, 0.2) is 0 Å². The van der Waals surface area contributed by atoms with Crippen LogP contribution in [0.15, 0.2) is 24.4 Å². The van der Waals surface area contributed by atoms with Gasteiger partial charge in [-0.25, -0.2) is 0 Å². The molecule has 0 unspecified atom stereocenters. The maximum absolute atomic E-state index is 3.41. The quantitative estimate of drug-likeness (QED) is 0.869. The highest BCUT2D eigenvalue weighted by Crippen LogP contribution is 2.25. The van der Waals surface area contributed by atoms with Crippen molar-refractivity contribution >= 4 is 10.9 Å². The number of hydrogen-bond acceptors (Lipinski definition) is 2. The number of aromatic nitrogens is 1. The number of benzene rings is 1. The van der Waals surface area contributed by atoms with Gasteiger partial charge in [-0.05, 0) is 24.1 Å². The number of rotatable bonds is 2. The molecule has 0 bridgehead atoms. The first-order valence-electron chi connectivity index (χ1n) is 6.72. The number of aryl methyl sites for hydroxylation is 2. The molecule has 0 spiro atoms. The van der Waals surface area contributed by atoms with Gasteiger partial charge in [0.1, 0.15) is 0 Å². The average Bonchev–Trinajstić information content (AvgIpc) is 2.69. The van der Waals surface area contributed by atoms with Gasteiger partial charge < -0.3 is 9.88 Å². The summed E-state index contributed by atoms with van der Waals surface area (Å²) in [7, 11) is 2.14. The van der Waals surface area contributed by atoms with Gasteiger partial charge in [0.2, 0.25) is 0 Å². The van der Waals surface area contributed by atoms with Crippen LogP contribution in [0.5, 0.6) is 0 Å². The molecule has 1 saturated heterocycles. The van der Waals surface area contributed by atoms with Crippen molar-refractivity contribution in [3.63, 3.8) is 0 Å². The fourth-order valence-electron chi connectivity index (χ4n) is 2.96. The largest absolute Gasteiger partial charge is 0.350 e. The predicted molar refractivity (Wildman–Crippen MR) is 75.8 cm³/mol. The van der Waals surface area contributed by atoms with Crippen molar-refractivity contribution in [3.05, 3.63) is 35.5 Å². The Morgan fingerprint density at radius 1 is 1.22 bits per heavy atom. The molecule has 2 aromatic rings. The first-order chi connectivity index (χ1) is 8.75. The smallest absolute Gasteiger partial charge is 0.0483 e. The Balaban J connectivity index is 1.96. The Morgan fingerprint density at radius 3 is 2.78 bits per heavy atom. The van der Waals surface area contributed by atoms with Gasteiger partial charge in [-0.2, -0.15) is 0 Å². The lowest BCUT2D eigenvalue weighted by Crippen LogP contribution is -2.42. The second kappa shape index (κ2) is 4.75. The average molecular weight is 243 g/mol. The van der Waals surface area contributed by atoms with Gasteiger partial charge in [0.25, 0.3) is 0 Å². The summed E-state index contributed by atoms with van der Waals surface area (Å²) in [5, 5.41) is 4.85. The molecule has 1 aromatic heterocycles. The maximum Gasteiger partial charge on any atom is 0.0483 e. The summed E-state index contributed by atoms with van der Waals surface area (Å²) in [5.74, 6) is 0. The molecule has 0 radical (unpaired) electrons. The monoisotopic (exact) mass is 243 g/mol. The van der Waals surface area contributed by atoms with Gasteiger partial charge in [0, 0.05) is 56.9 Å². The molecule has 0 aliphatic carbocycles. The van der Waals surface area contributed by atoms with Gasteiger partial charge in [-0.15, -0.1) is 0 Å². The zero-order chi connectivity index (χ0) is 12.5. The van der Waals surface area contributed by atoms with Crippen LogP contribution in [0, 0.1) is 6.92 Å². The Labute approximate surface area is 108 Å². The van der Waals surface area contributed by atoms with Crippen LogP contribution < -0.4 is 5.32 Å². The van der Waals surface area contributed by atoms with E-state index in [0.717, 1.165) is 32.7 Å². The van der Waals surface area contributed by atoms with Crippen molar-refractivity contribution < 1.29 is 0 Å². The zero-order valence-corrected chi connectivity index (χ0v) is 11.2. The van der Waals surface area contributed by atoms with E-state index in [0.29, 0.717) is 0 Å². The fourth-order valence-corrected chi connectivity index (χ4v) is 2.96. The molecule has 0 amide bonds. The molecule has 1 fully saturated rings. The van der Waals surface area contributed by atoms with E-state index in [4.69, 9.17) is 0 Å². The molecule has 96 valence electrons. The highest BCUT2D eigenvalue weighted by molar-refractivity contribution is 5.87. The summed E-state index contributed by atoms with van der Waals surface area (Å²) < 4.78 is 2.25. The van der Waals surface area contributed by atoms with Gasteiger partial charge in [-0.1, -0.05) is 12.1 Å². The van der Waals surface area contributed by atoms with Crippen molar-refractivity contribution in [3.8, 4) is 0 Å². The van der Waals surface area contributed by atoms with Crippen molar-refractivity contribution in [2.75, 3.05) is 26.2 Å². The summed E-state index contributed by atoms with van der Waals surface area (Å²) in [6.45, 7) is 7.82. The summed E-state index contributed by atoms with van der Waals surface area (Å²) >= 11 is 0. The van der Waals surface area contributed by atoms with Crippen LogP contribution in [0.25, 0.3) is 10.9 Å². The van der Waals surface area contributed by atoms with Crippen LogP contribution >= 0.6 is 0 Å². The Morgan fingerprint density at radius 2 is 2.00 bits per heavy atom. The van der Waals surface area contributed by atoms with E-state index >= 15 is 0 Å². The molecule has 18 heavy (non-hydrogen) atoms. The topological polar surface area (TPSA) is 20.2 Å². The molecule has 3 heteroatoms. The minimum atomic E-state index is 1.07. The minimum Gasteiger partial charge on any atom is -0.350 e. The second-order valence-electron chi connectivity index (χ2n) is 5.26. The van der Waals surface area contributed by atoms with Gasteiger partial charge in [0.05, 0.1) is 0 Å². The molecular weight excluding hydrogens is 222 g/mol.